The second-order valence-corrected chi connectivity index (χ2v) is 8.74. The van der Waals surface area contributed by atoms with Gasteiger partial charge in [0.2, 0.25) is 0 Å². The van der Waals surface area contributed by atoms with Gasteiger partial charge in [-0.25, -0.2) is 14.6 Å². The zero-order chi connectivity index (χ0) is 27.4. The zero-order valence-electron chi connectivity index (χ0n) is 20.5. The smallest absolute Gasteiger partial charge is 0.417 e. The lowest BCUT2D eigenvalue weighted by atomic mass is 10.1. The summed E-state index contributed by atoms with van der Waals surface area (Å²) < 4.78 is 48.5. The molecule has 0 spiro atoms. The van der Waals surface area contributed by atoms with E-state index in [9.17, 15) is 22.8 Å². The van der Waals surface area contributed by atoms with Crippen LogP contribution in [0.15, 0.2) is 72.2 Å². The summed E-state index contributed by atoms with van der Waals surface area (Å²) in [6.07, 6.45) is 2.73. The van der Waals surface area contributed by atoms with Crippen LogP contribution in [0.2, 0.25) is 5.02 Å². The molecule has 0 atom stereocenters. The minimum absolute atomic E-state index is 0.0200. The Bertz CT molecular complexity index is 1300. The number of hydrogen-bond acceptors (Lipinski definition) is 8. The Morgan fingerprint density at radius 3 is 2.11 bits per heavy atom. The van der Waals surface area contributed by atoms with Gasteiger partial charge in [-0.2, -0.15) is 13.2 Å². The third-order valence-electron chi connectivity index (χ3n) is 6.11. The van der Waals surface area contributed by atoms with E-state index in [1.165, 1.54) is 20.3 Å². The van der Waals surface area contributed by atoms with Crippen molar-refractivity contribution in [3.05, 3.63) is 82.8 Å². The monoisotopic (exact) mass is 548 g/mol. The van der Waals surface area contributed by atoms with Crippen LogP contribution >= 0.6 is 11.6 Å². The van der Waals surface area contributed by atoms with E-state index >= 15 is 0 Å². The molecule has 0 saturated carbocycles. The third-order valence-corrected chi connectivity index (χ3v) is 6.39. The Balaban J connectivity index is 1.50. The molecule has 0 bridgehead atoms. The molecule has 1 fully saturated rings. The lowest BCUT2D eigenvalue weighted by Crippen LogP contribution is -2.47. The van der Waals surface area contributed by atoms with Crippen LogP contribution in [0.5, 0.6) is 0 Å². The summed E-state index contributed by atoms with van der Waals surface area (Å²) in [7, 11) is 2.47. The number of methoxy groups -OCH3 is 2. The lowest BCUT2D eigenvalue weighted by Gasteiger charge is -2.37. The van der Waals surface area contributed by atoms with E-state index in [2.05, 4.69) is 9.88 Å². The van der Waals surface area contributed by atoms with Crippen LogP contribution < -0.4 is 14.7 Å². The Morgan fingerprint density at radius 2 is 1.53 bits per heavy atom. The molecule has 2 aromatic rings. The second-order valence-electron chi connectivity index (χ2n) is 8.33. The van der Waals surface area contributed by atoms with E-state index in [0.717, 1.165) is 18.0 Å². The van der Waals surface area contributed by atoms with Crippen molar-refractivity contribution in [2.45, 2.75) is 6.18 Å². The molecule has 0 N–H and O–H groups in total. The number of carbonyl (C=O) groups is 2. The van der Waals surface area contributed by atoms with Gasteiger partial charge >= 0.3 is 18.1 Å². The third kappa shape index (κ3) is 5.62. The molecule has 0 radical (unpaired) electrons. The highest BCUT2D eigenvalue weighted by Crippen LogP contribution is 2.34. The SMILES string of the molecule is COC(=O)C1=C(C(=O)OC)N(c2ccc(N3CCN(c4ncc(C(F)(F)F)cc4Cl)CC3)cc2)C=CC=C1. The molecule has 0 aliphatic carbocycles. The maximum Gasteiger partial charge on any atom is 0.417 e. The summed E-state index contributed by atoms with van der Waals surface area (Å²) in [5, 5.41) is -0.0431. The maximum absolute atomic E-state index is 12.9. The van der Waals surface area contributed by atoms with Gasteiger partial charge < -0.3 is 24.2 Å². The molecule has 4 rings (SSSR count). The number of aromatic nitrogens is 1. The topological polar surface area (TPSA) is 75.2 Å². The van der Waals surface area contributed by atoms with E-state index in [4.69, 9.17) is 21.1 Å². The fourth-order valence-electron chi connectivity index (χ4n) is 4.18. The average molecular weight is 549 g/mol. The molecule has 12 heteroatoms. The maximum atomic E-state index is 12.9. The molecule has 3 heterocycles. The Morgan fingerprint density at radius 1 is 0.921 bits per heavy atom. The number of piperazine rings is 1. The van der Waals surface area contributed by atoms with Crippen molar-refractivity contribution in [2.75, 3.05) is 55.1 Å². The van der Waals surface area contributed by atoms with Gasteiger partial charge in [0, 0.05) is 50.0 Å². The molecule has 8 nitrogen and oxygen atoms in total. The summed E-state index contributed by atoms with van der Waals surface area (Å²) in [6.45, 7) is 2.20. The Hall–Kier alpha value is -3.99. The van der Waals surface area contributed by atoms with E-state index in [0.29, 0.717) is 37.7 Å². The molecule has 2 aliphatic rings. The molecule has 0 unspecified atom stereocenters. The fourth-order valence-corrected chi connectivity index (χ4v) is 4.47. The number of benzene rings is 1. The van der Waals surface area contributed by atoms with Crippen LogP contribution in [-0.2, 0) is 25.2 Å². The van der Waals surface area contributed by atoms with Crippen LogP contribution in [-0.4, -0.2) is 57.3 Å². The first-order valence-electron chi connectivity index (χ1n) is 11.5. The van der Waals surface area contributed by atoms with Gasteiger partial charge in [0.1, 0.15) is 11.5 Å². The second kappa shape index (κ2) is 11.2. The first kappa shape index (κ1) is 27.1. The summed E-state index contributed by atoms with van der Waals surface area (Å²) >= 11 is 6.11. The van der Waals surface area contributed by atoms with Gasteiger partial charge in [-0.15, -0.1) is 0 Å². The lowest BCUT2D eigenvalue weighted by molar-refractivity contribution is -0.139. The van der Waals surface area contributed by atoms with Crippen molar-refractivity contribution in [3.8, 4) is 0 Å². The van der Waals surface area contributed by atoms with Crippen molar-refractivity contribution >= 4 is 40.7 Å². The number of carbonyl (C=O) groups excluding carboxylic acids is 2. The molecular weight excluding hydrogens is 525 g/mol. The molecule has 1 aromatic heterocycles. The number of esters is 2. The van der Waals surface area contributed by atoms with Crippen molar-refractivity contribution < 1.29 is 32.2 Å². The summed E-state index contributed by atoms with van der Waals surface area (Å²) in [4.78, 5) is 34.4. The molecule has 1 saturated heterocycles. The van der Waals surface area contributed by atoms with E-state index in [1.807, 2.05) is 29.2 Å². The molecular formula is C26H24ClF3N4O4. The largest absolute Gasteiger partial charge is 0.465 e. The Labute approximate surface area is 222 Å². The highest BCUT2D eigenvalue weighted by Gasteiger charge is 2.32. The van der Waals surface area contributed by atoms with Gasteiger partial charge in [0.05, 0.1) is 30.4 Å². The van der Waals surface area contributed by atoms with Crippen molar-refractivity contribution in [3.63, 3.8) is 0 Å². The molecule has 38 heavy (non-hydrogen) atoms. The summed E-state index contributed by atoms with van der Waals surface area (Å²) in [5.74, 6) is -1.05. The number of pyridine rings is 1. The van der Waals surface area contributed by atoms with Crippen molar-refractivity contribution in [1.82, 2.24) is 4.98 Å². The van der Waals surface area contributed by atoms with Gasteiger partial charge in [0.25, 0.3) is 0 Å². The molecule has 0 amide bonds. The number of alkyl halides is 3. The first-order chi connectivity index (χ1) is 18.1. The quantitative estimate of drug-likeness (QED) is 0.503. The minimum atomic E-state index is -4.51. The zero-order valence-corrected chi connectivity index (χ0v) is 21.3. The van der Waals surface area contributed by atoms with E-state index in [1.54, 1.807) is 23.3 Å². The van der Waals surface area contributed by atoms with Crippen LogP contribution in [0.1, 0.15) is 5.56 Å². The first-order valence-corrected chi connectivity index (χ1v) is 11.9. The average Bonchev–Trinajstić information content (AvgIpc) is 3.15. The van der Waals surface area contributed by atoms with Gasteiger partial charge in [-0.05, 0) is 42.5 Å². The van der Waals surface area contributed by atoms with Crippen LogP contribution in [0.3, 0.4) is 0 Å². The molecule has 2 aliphatic heterocycles. The highest BCUT2D eigenvalue weighted by molar-refractivity contribution is 6.33. The molecule has 1 aromatic carbocycles. The number of ether oxygens (including phenoxy) is 2. The van der Waals surface area contributed by atoms with Crippen LogP contribution in [0, 0.1) is 0 Å². The number of anilines is 3. The normalized spacial score (nSPS) is 16.0. The Kier molecular flexibility index (Phi) is 7.96. The van der Waals surface area contributed by atoms with Gasteiger partial charge in [-0.3, -0.25) is 0 Å². The van der Waals surface area contributed by atoms with E-state index < -0.39 is 23.7 Å². The van der Waals surface area contributed by atoms with Crippen LogP contribution in [0.4, 0.5) is 30.4 Å². The predicted molar refractivity (Wildman–Crippen MR) is 137 cm³/mol. The molecule has 200 valence electrons. The predicted octanol–water partition coefficient (Wildman–Crippen LogP) is 4.57. The number of nitrogens with zero attached hydrogens (tertiary/aromatic N) is 4. The number of allylic oxidation sites excluding steroid dienone is 2. The van der Waals surface area contributed by atoms with Gasteiger partial charge in [0.15, 0.2) is 0 Å². The minimum Gasteiger partial charge on any atom is -0.465 e. The number of rotatable bonds is 5. The van der Waals surface area contributed by atoms with Gasteiger partial charge in [-0.1, -0.05) is 17.7 Å². The van der Waals surface area contributed by atoms with Crippen LogP contribution in [0.25, 0.3) is 0 Å². The fraction of sp³-hybridized carbons (Fsp3) is 0.269. The highest BCUT2D eigenvalue weighted by atomic mass is 35.5. The number of halogens is 4. The van der Waals surface area contributed by atoms with E-state index in [-0.39, 0.29) is 16.3 Å². The summed E-state index contributed by atoms with van der Waals surface area (Å²) in [5.41, 5.74) is 0.721. The number of hydrogen-bond donors (Lipinski definition) is 0. The standard InChI is InChI=1S/C26H24ClF3N4O4/c1-37-24(35)20-5-3-4-10-34(22(20)25(36)38-2)19-8-6-18(7-9-19)32-11-13-33(14-12-32)23-21(27)15-17(16-31-23)26(28,29)30/h3-10,15-16H,11-14H2,1-2H3. The summed E-state index contributed by atoms with van der Waals surface area (Å²) in [6, 6.07) is 8.28. The van der Waals surface area contributed by atoms with Crippen molar-refractivity contribution in [1.29, 1.82) is 0 Å². The van der Waals surface area contributed by atoms with Crippen molar-refractivity contribution in [2.24, 2.45) is 0 Å².